The molecule has 0 N–H and O–H groups in total. The first kappa shape index (κ1) is 21.2. The fourth-order valence-electron chi connectivity index (χ4n) is 7.41. The second-order valence-electron chi connectivity index (χ2n) is 11.5. The van der Waals surface area contributed by atoms with Gasteiger partial charge in [0.2, 0.25) is 0 Å². The highest BCUT2D eigenvalue weighted by Gasteiger charge is 2.54. The van der Waals surface area contributed by atoms with E-state index in [2.05, 4.69) is 113 Å². The van der Waals surface area contributed by atoms with Gasteiger partial charge in [0.15, 0.2) is 0 Å². The first-order chi connectivity index (χ1) is 16.8. The minimum Gasteiger partial charge on any atom is -0.0843 e. The average Bonchev–Trinajstić information content (AvgIpc) is 3.37. The zero-order chi connectivity index (χ0) is 24.1. The third-order valence-corrected chi connectivity index (χ3v) is 9.21. The van der Waals surface area contributed by atoms with Crippen molar-refractivity contribution in [3.63, 3.8) is 0 Å². The highest BCUT2D eigenvalue weighted by atomic mass is 35.5. The largest absolute Gasteiger partial charge is 0.0843 e. The summed E-state index contributed by atoms with van der Waals surface area (Å²) in [5.74, 6) is 0.807. The van der Waals surface area contributed by atoms with Gasteiger partial charge in [0.1, 0.15) is 0 Å². The molecule has 0 heterocycles. The molecule has 7 rings (SSSR count). The van der Waals surface area contributed by atoms with Crippen LogP contribution in [0, 0.1) is 5.41 Å². The van der Waals surface area contributed by atoms with Gasteiger partial charge in [-0.25, -0.2) is 0 Å². The van der Waals surface area contributed by atoms with E-state index in [0.717, 1.165) is 5.02 Å². The lowest BCUT2D eigenvalue weighted by Crippen LogP contribution is -2.18. The number of hydrogen-bond donors (Lipinski definition) is 0. The van der Waals surface area contributed by atoms with E-state index < -0.39 is 0 Å². The van der Waals surface area contributed by atoms with Crippen LogP contribution in [0.4, 0.5) is 0 Å². The third-order valence-electron chi connectivity index (χ3n) is 8.97. The van der Waals surface area contributed by atoms with Crippen molar-refractivity contribution in [3.8, 4) is 33.4 Å². The Hall–Kier alpha value is -3.09. The highest BCUT2D eigenvalue weighted by Crippen LogP contribution is 2.69. The standard InChI is InChI=1S/C34H29Cl/c1-33(2)25-17-18-26(33)31-29-23-15-8-9-16-24(23)34(3,4)32(29)28(20-11-6-5-7-12-20)27(30(25)31)21-13-10-14-22(35)19-21/h5-19,25-26H,1-4H3. The lowest BCUT2D eigenvalue weighted by molar-refractivity contribution is 0.343. The minimum atomic E-state index is -0.102. The molecule has 2 atom stereocenters. The van der Waals surface area contributed by atoms with Gasteiger partial charge in [-0.1, -0.05) is 118 Å². The number of hydrogen-bond acceptors (Lipinski definition) is 0. The van der Waals surface area contributed by atoms with Gasteiger partial charge in [0, 0.05) is 22.3 Å². The number of benzene rings is 4. The van der Waals surface area contributed by atoms with Gasteiger partial charge >= 0.3 is 0 Å². The zero-order valence-corrected chi connectivity index (χ0v) is 21.4. The van der Waals surface area contributed by atoms with E-state index >= 15 is 0 Å². The van der Waals surface area contributed by atoms with Crippen molar-refractivity contribution >= 4 is 11.6 Å². The summed E-state index contributed by atoms with van der Waals surface area (Å²) < 4.78 is 0. The Bertz CT molecular complexity index is 1550. The quantitative estimate of drug-likeness (QED) is 0.254. The normalized spacial score (nSPS) is 21.6. The van der Waals surface area contributed by atoms with Crippen LogP contribution in [0.3, 0.4) is 0 Å². The van der Waals surface area contributed by atoms with Gasteiger partial charge in [-0.05, 0) is 73.2 Å². The molecule has 0 saturated heterocycles. The molecule has 4 aromatic rings. The number of rotatable bonds is 2. The first-order valence-electron chi connectivity index (χ1n) is 12.7. The molecule has 0 fully saturated rings. The Kier molecular flexibility index (Phi) is 4.23. The fraction of sp³-hybridized carbons (Fsp3) is 0.235. The SMILES string of the molecule is CC1(C)c2ccccc2-c2c3c(c(-c4cccc(Cl)c4)c(-c4ccccc4)c21)C1C=CC3C1(C)C. The Labute approximate surface area is 213 Å². The predicted molar refractivity (Wildman–Crippen MR) is 148 cm³/mol. The molecule has 3 aliphatic carbocycles. The summed E-state index contributed by atoms with van der Waals surface area (Å²) in [7, 11) is 0. The smallest absolute Gasteiger partial charge is 0.0412 e. The van der Waals surface area contributed by atoms with Crippen molar-refractivity contribution in [1.29, 1.82) is 0 Å². The molecule has 0 saturated carbocycles. The van der Waals surface area contributed by atoms with Crippen LogP contribution in [0.15, 0.2) is 91.0 Å². The summed E-state index contributed by atoms with van der Waals surface area (Å²) in [4.78, 5) is 0. The Morgan fingerprint density at radius 1 is 0.629 bits per heavy atom. The third kappa shape index (κ3) is 2.64. The Morgan fingerprint density at radius 2 is 1.26 bits per heavy atom. The van der Waals surface area contributed by atoms with Crippen LogP contribution in [0.5, 0.6) is 0 Å². The minimum absolute atomic E-state index is 0.102. The van der Waals surface area contributed by atoms with Crippen LogP contribution in [-0.4, -0.2) is 0 Å². The second-order valence-corrected chi connectivity index (χ2v) is 12.0. The van der Waals surface area contributed by atoms with Crippen LogP contribution < -0.4 is 0 Å². The van der Waals surface area contributed by atoms with E-state index in [4.69, 9.17) is 11.6 Å². The predicted octanol–water partition coefficient (Wildman–Crippen LogP) is 9.76. The van der Waals surface area contributed by atoms with Crippen molar-refractivity contribution in [1.82, 2.24) is 0 Å². The lowest BCUT2D eigenvalue weighted by Gasteiger charge is -2.30. The molecular formula is C34H29Cl. The first-order valence-corrected chi connectivity index (χ1v) is 13.0. The van der Waals surface area contributed by atoms with E-state index in [1.54, 1.807) is 5.56 Å². The summed E-state index contributed by atoms with van der Waals surface area (Å²) in [6, 6.07) is 28.6. The van der Waals surface area contributed by atoms with Crippen molar-refractivity contribution in [2.45, 2.75) is 44.9 Å². The van der Waals surface area contributed by atoms with Crippen LogP contribution in [-0.2, 0) is 5.41 Å². The highest BCUT2D eigenvalue weighted by molar-refractivity contribution is 6.31. The maximum absolute atomic E-state index is 6.61. The van der Waals surface area contributed by atoms with Gasteiger partial charge in [-0.2, -0.15) is 0 Å². The van der Waals surface area contributed by atoms with Gasteiger partial charge in [0.05, 0.1) is 0 Å². The molecule has 172 valence electrons. The molecule has 1 heteroatoms. The number of halogens is 1. The van der Waals surface area contributed by atoms with Crippen molar-refractivity contribution in [2.24, 2.45) is 5.41 Å². The van der Waals surface area contributed by atoms with E-state index in [1.807, 2.05) is 6.07 Å². The summed E-state index contributed by atoms with van der Waals surface area (Å²) in [5.41, 5.74) is 14.2. The molecule has 2 unspecified atom stereocenters. The number of allylic oxidation sites excluding steroid dienone is 2. The van der Waals surface area contributed by atoms with Crippen LogP contribution in [0.1, 0.15) is 61.8 Å². The molecule has 3 aliphatic rings. The lowest BCUT2D eigenvalue weighted by atomic mass is 9.72. The van der Waals surface area contributed by atoms with Gasteiger partial charge in [-0.15, -0.1) is 0 Å². The van der Waals surface area contributed by atoms with E-state index in [0.29, 0.717) is 11.8 Å². The summed E-state index contributed by atoms with van der Waals surface area (Å²) in [5, 5.41) is 0.788. The maximum atomic E-state index is 6.61. The molecule has 0 amide bonds. The zero-order valence-electron chi connectivity index (χ0n) is 20.7. The summed E-state index contributed by atoms with van der Waals surface area (Å²) in [6.45, 7) is 9.72. The van der Waals surface area contributed by atoms with Gasteiger partial charge < -0.3 is 0 Å². The maximum Gasteiger partial charge on any atom is 0.0412 e. The average molecular weight is 473 g/mol. The Morgan fingerprint density at radius 3 is 1.97 bits per heavy atom. The van der Waals surface area contributed by atoms with Gasteiger partial charge in [-0.3, -0.25) is 0 Å². The molecular weight excluding hydrogens is 444 g/mol. The molecule has 0 spiro atoms. The molecule has 0 nitrogen and oxygen atoms in total. The summed E-state index contributed by atoms with van der Waals surface area (Å²) in [6.07, 6.45) is 4.94. The Balaban J connectivity index is 1.73. The van der Waals surface area contributed by atoms with Crippen LogP contribution in [0.25, 0.3) is 33.4 Å². The van der Waals surface area contributed by atoms with E-state index in [-0.39, 0.29) is 10.8 Å². The van der Waals surface area contributed by atoms with E-state index in [9.17, 15) is 0 Å². The monoisotopic (exact) mass is 472 g/mol. The van der Waals surface area contributed by atoms with E-state index in [1.165, 1.54) is 50.1 Å². The van der Waals surface area contributed by atoms with Crippen molar-refractivity contribution < 1.29 is 0 Å². The van der Waals surface area contributed by atoms with Crippen molar-refractivity contribution in [2.75, 3.05) is 0 Å². The number of fused-ring (bicyclic) bond motifs is 9. The fourth-order valence-corrected chi connectivity index (χ4v) is 7.60. The molecule has 0 aliphatic heterocycles. The molecule has 2 bridgehead atoms. The van der Waals surface area contributed by atoms with Crippen LogP contribution in [0.2, 0.25) is 5.02 Å². The van der Waals surface area contributed by atoms with Crippen LogP contribution >= 0.6 is 11.6 Å². The topological polar surface area (TPSA) is 0 Å². The second kappa shape index (κ2) is 6.99. The van der Waals surface area contributed by atoms with Gasteiger partial charge in [0.25, 0.3) is 0 Å². The molecule has 0 radical (unpaired) electrons. The molecule has 4 aromatic carbocycles. The summed E-state index contributed by atoms with van der Waals surface area (Å²) >= 11 is 6.61. The molecule has 0 aromatic heterocycles. The molecule has 35 heavy (non-hydrogen) atoms. The van der Waals surface area contributed by atoms with Crippen molar-refractivity contribution in [3.05, 3.63) is 118 Å².